The van der Waals surface area contributed by atoms with Gasteiger partial charge in [-0.2, -0.15) is 5.10 Å². The Hall–Kier alpha value is -1.96. The molecule has 0 spiro atoms. The fraction of sp³-hybridized carbons (Fsp3) is 0.238. The van der Waals surface area contributed by atoms with Crippen LogP contribution in [0, 0.1) is 5.82 Å². The maximum Gasteiger partial charge on any atom is 0.176 e. The molecular formula is C21H21BrClFN4S. The number of aromatic nitrogens is 2. The molecule has 0 saturated carbocycles. The van der Waals surface area contributed by atoms with Gasteiger partial charge >= 0.3 is 0 Å². The van der Waals surface area contributed by atoms with Gasteiger partial charge in [-0.3, -0.25) is 4.68 Å². The molecule has 0 aliphatic heterocycles. The summed E-state index contributed by atoms with van der Waals surface area (Å²) in [5, 5.41) is 11.4. The third kappa shape index (κ3) is 6.01. The number of nitrogens with zero attached hydrogens (tertiary/aromatic N) is 2. The van der Waals surface area contributed by atoms with Crippen LogP contribution in [-0.2, 0) is 13.0 Å². The average Bonchev–Trinajstić information content (AvgIpc) is 3.03. The van der Waals surface area contributed by atoms with Gasteiger partial charge in [-0.25, -0.2) is 4.39 Å². The van der Waals surface area contributed by atoms with Crippen LogP contribution in [0.15, 0.2) is 53.1 Å². The molecule has 152 valence electrons. The number of thiocarbonyl (C=S) groups is 1. The Kier molecular flexibility index (Phi) is 7.64. The van der Waals surface area contributed by atoms with Crippen LogP contribution in [0.25, 0.3) is 0 Å². The molecule has 0 saturated heterocycles. The Bertz CT molecular complexity index is 971. The first-order valence-electron chi connectivity index (χ1n) is 9.29. The van der Waals surface area contributed by atoms with E-state index < -0.39 is 0 Å². The quantitative estimate of drug-likeness (QED) is 0.361. The van der Waals surface area contributed by atoms with E-state index in [0.29, 0.717) is 26.0 Å². The molecule has 0 unspecified atom stereocenters. The molecule has 3 aromatic rings. The molecule has 0 bridgehead atoms. The van der Waals surface area contributed by atoms with E-state index in [1.807, 2.05) is 12.1 Å². The number of aryl methyl sites for hydroxylation is 1. The van der Waals surface area contributed by atoms with Crippen molar-refractivity contribution in [1.82, 2.24) is 9.78 Å². The average molecular weight is 496 g/mol. The van der Waals surface area contributed by atoms with Crippen molar-refractivity contribution in [1.29, 1.82) is 0 Å². The SMILES string of the molecule is CCCCc1ccc(NC(=S)Nc2nn(Cc3c(F)cccc3Cl)cc2Br)cc1. The molecule has 1 heterocycles. The molecule has 0 aliphatic carbocycles. The predicted octanol–water partition coefficient (Wildman–Crippen LogP) is 6.64. The van der Waals surface area contributed by atoms with Crippen molar-refractivity contribution in [3.05, 3.63) is 75.1 Å². The summed E-state index contributed by atoms with van der Waals surface area (Å²) in [5.41, 5.74) is 2.60. The number of rotatable bonds is 7. The number of halogens is 3. The second-order valence-corrected chi connectivity index (χ2v) is 8.27. The lowest BCUT2D eigenvalue weighted by Gasteiger charge is -2.10. The third-order valence-corrected chi connectivity index (χ3v) is 5.50. The Labute approximate surface area is 188 Å². The second kappa shape index (κ2) is 10.2. The minimum absolute atomic E-state index is 0.213. The highest BCUT2D eigenvalue weighted by Crippen LogP contribution is 2.24. The van der Waals surface area contributed by atoms with Crippen molar-refractivity contribution in [2.75, 3.05) is 10.6 Å². The van der Waals surface area contributed by atoms with Crippen molar-refractivity contribution < 1.29 is 4.39 Å². The van der Waals surface area contributed by atoms with Crippen molar-refractivity contribution in [2.45, 2.75) is 32.7 Å². The predicted molar refractivity (Wildman–Crippen MR) is 125 cm³/mol. The molecule has 1 aromatic heterocycles. The lowest BCUT2D eigenvalue weighted by atomic mass is 10.1. The minimum Gasteiger partial charge on any atom is -0.332 e. The van der Waals surface area contributed by atoms with Gasteiger partial charge in [0.05, 0.1) is 11.0 Å². The fourth-order valence-corrected chi connectivity index (χ4v) is 3.67. The van der Waals surface area contributed by atoms with Crippen LogP contribution in [0.2, 0.25) is 5.02 Å². The van der Waals surface area contributed by atoms with E-state index in [1.165, 1.54) is 24.5 Å². The van der Waals surface area contributed by atoms with Gasteiger partial charge in [-0.15, -0.1) is 0 Å². The normalized spacial score (nSPS) is 10.8. The molecule has 0 radical (unpaired) electrons. The third-order valence-electron chi connectivity index (χ3n) is 4.36. The first-order valence-corrected chi connectivity index (χ1v) is 10.9. The van der Waals surface area contributed by atoms with E-state index in [2.05, 4.69) is 50.7 Å². The van der Waals surface area contributed by atoms with Crippen LogP contribution in [0.4, 0.5) is 15.9 Å². The first kappa shape index (κ1) is 21.7. The van der Waals surface area contributed by atoms with Crippen LogP contribution in [-0.4, -0.2) is 14.9 Å². The maximum absolute atomic E-state index is 14.0. The van der Waals surface area contributed by atoms with E-state index in [1.54, 1.807) is 23.0 Å². The lowest BCUT2D eigenvalue weighted by molar-refractivity contribution is 0.586. The van der Waals surface area contributed by atoms with Gasteiger partial charge in [0.25, 0.3) is 0 Å². The van der Waals surface area contributed by atoms with Gasteiger partial charge in [0, 0.05) is 22.5 Å². The monoisotopic (exact) mass is 494 g/mol. The minimum atomic E-state index is -0.363. The molecule has 8 heteroatoms. The standard InChI is InChI=1S/C21H21BrClFN4S/c1-2-3-5-14-8-10-15(11-9-14)25-21(29)26-20-17(22)13-28(27-20)12-16-18(23)6-4-7-19(16)24/h4,6-11,13H,2-3,5,12H2,1H3,(H2,25,26,27,29). The molecule has 0 aliphatic rings. The van der Waals surface area contributed by atoms with E-state index in [9.17, 15) is 4.39 Å². The first-order chi connectivity index (χ1) is 14.0. The molecule has 2 aromatic carbocycles. The van der Waals surface area contributed by atoms with E-state index in [4.69, 9.17) is 23.8 Å². The summed E-state index contributed by atoms with van der Waals surface area (Å²) < 4.78 is 16.3. The number of hydrogen-bond donors (Lipinski definition) is 2. The van der Waals surface area contributed by atoms with Gasteiger partial charge in [0.1, 0.15) is 5.82 Å². The molecular weight excluding hydrogens is 475 g/mol. The number of anilines is 2. The fourth-order valence-electron chi connectivity index (χ4n) is 2.81. The highest BCUT2D eigenvalue weighted by atomic mass is 79.9. The Morgan fingerprint density at radius 1 is 1.21 bits per heavy atom. The van der Waals surface area contributed by atoms with Crippen molar-refractivity contribution in [3.8, 4) is 0 Å². The van der Waals surface area contributed by atoms with Crippen LogP contribution in [0.3, 0.4) is 0 Å². The van der Waals surface area contributed by atoms with Gasteiger partial charge in [-0.05, 0) is 70.8 Å². The Morgan fingerprint density at radius 2 is 1.97 bits per heavy atom. The zero-order valence-electron chi connectivity index (χ0n) is 15.9. The number of hydrogen-bond acceptors (Lipinski definition) is 2. The lowest BCUT2D eigenvalue weighted by Crippen LogP contribution is -2.19. The molecule has 3 rings (SSSR count). The second-order valence-electron chi connectivity index (χ2n) is 6.60. The van der Waals surface area contributed by atoms with E-state index in [0.717, 1.165) is 12.1 Å². The summed E-state index contributed by atoms with van der Waals surface area (Å²) >= 11 is 14.9. The van der Waals surface area contributed by atoms with Crippen molar-refractivity contribution in [2.24, 2.45) is 0 Å². The number of benzene rings is 2. The zero-order valence-corrected chi connectivity index (χ0v) is 19.0. The largest absolute Gasteiger partial charge is 0.332 e. The van der Waals surface area contributed by atoms with Crippen molar-refractivity contribution in [3.63, 3.8) is 0 Å². The van der Waals surface area contributed by atoms with Crippen LogP contribution >= 0.6 is 39.7 Å². The summed E-state index contributed by atoms with van der Waals surface area (Å²) in [6, 6.07) is 12.8. The highest BCUT2D eigenvalue weighted by Gasteiger charge is 2.12. The highest BCUT2D eigenvalue weighted by molar-refractivity contribution is 9.10. The number of nitrogens with one attached hydrogen (secondary N) is 2. The van der Waals surface area contributed by atoms with Gasteiger partial charge in [0.2, 0.25) is 0 Å². The van der Waals surface area contributed by atoms with E-state index in [-0.39, 0.29) is 12.4 Å². The molecule has 0 amide bonds. The Morgan fingerprint density at radius 3 is 2.66 bits per heavy atom. The summed E-state index contributed by atoms with van der Waals surface area (Å²) in [7, 11) is 0. The Balaban J connectivity index is 1.62. The summed E-state index contributed by atoms with van der Waals surface area (Å²) in [4.78, 5) is 0. The van der Waals surface area contributed by atoms with Crippen molar-refractivity contribution >= 4 is 56.4 Å². The van der Waals surface area contributed by atoms with Gasteiger partial charge < -0.3 is 10.6 Å². The summed E-state index contributed by atoms with van der Waals surface area (Å²) in [5.74, 6) is 0.174. The summed E-state index contributed by atoms with van der Waals surface area (Å²) in [6.45, 7) is 2.40. The smallest absolute Gasteiger partial charge is 0.176 e. The molecule has 2 N–H and O–H groups in total. The van der Waals surface area contributed by atoms with Crippen LogP contribution < -0.4 is 10.6 Å². The molecule has 0 fully saturated rings. The molecule has 4 nitrogen and oxygen atoms in total. The van der Waals surface area contributed by atoms with E-state index >= 15 is 0 Å². The van der Waals surface area contributed by atoms with Gasteiger partial charge in [-0.1, -0.05) is 43.1 Å². The van der Waals surface area contributed by atoms with Crippen LogP contribution in [0.5, 0.6) is 0 Å². The van der Waals surface area contributed by atoms with Gasteiger partial charge in [0.15, 0.2) is 10.9 Å². The topological polar surface area (TPSA) is 41.9 Å². The molecule has 29 heavy (non-hydrogen) atoms. The summed E-state index contributed by atoms with van der Waals surface area (Å²) in [6.07, 6.45) is 5.19. The van der Waals surface area contributed by atoms with Crippen LogP contribution in [0.1, 0.15) is 30.9 Å². The number of unbranched alkanes of at least 4 members (excludes halogenated alkanes) is 1. The molecule has 0 atom stereocenters. The maximum atomic E-state index is 14.0. The zero-order chi connectivity index (χ0) is 20.8.